The zero-order chi connectivity index (χ0) is 19.6. The summed E-state index contributed by atoms with van der Waals surface area (Å²) in [7, 11) is 0. The minimum absolute atomic E-state index is 0.486. The van der Waals surface area contributed by atoms with Crippen LogP contribution in [0, 0.1) is 5.41 Å². The van der Waals surface area contributed by atoms with Gasteiger partial charge in [-0.15, -0.1) is 0 Å². The number of aliphatic imine (C=N–C) groups is 2. The third kappa shape index (κ3) is 3.39. The number of nitrogens with zero attached hydrogens (tertiary/aromatic N) is 2. The van der Waals surface area contributed by atoms with Gasteiger partial charge in [-0.1, -0.05) is 72.8 Å². The number of benzene rings is 4. The topological polar surface area (TPSA) is 48.6 Å². The second kappa shape index (κ2) is 7.28. The Morgan fingerprint density at radius 1 is 0.690 bits per heavy atom. The van der Waals surface area contributed by atoms with Gasteiger partial charge in [0.05, 0.1) is 22.8 Å². The molecular weight excluding hydrogens is 354 g/mol. The number of allylic oxidation sites excluding steroid dienone is 2. The van der Waals surface area contributed by atoms with Crippen LogP contribution in [-0.4, -0.2) is 17.1 Å². The van der Waals surface area contributed by atoms with Crippen LogP contribution < -0.4 is 0 Å². The van der Waals surface area contributed by atoms with E-state index in [1.807, 2.05) is 54.6 Å². The van der Waals surface area contributed by atoms with E-state index in [0.29, 0.717) is 17.8 Å². The number of hydrogen-bond acceptors (Lipinski definition) is 3. The summed E-state index contributed by atoms with van der Waals surface area (Å²) in [4.78, 5) is 9.71. The highest BCUT2D eigenvalue weighted by atomic mass is 14.8. The van der Waals surface area contributed by atoms with Gasteiger partial charge in [0.15, 0.2) is 0 Å². The molecule has 1 aliphatic rings. The van der Waals surface area contributed by atoms with Gasteiger partial charge in [0.1, 0.15) is 5.71 Å². The van der Waals surface area contributed by atoms with E-state index in [1.54, 1.807) is 0 Å². The fourth-order valence-corrected chi connectivity index (χ4v) is 3.65. The first-order valence-corrected chi connectivity index (χ1v) is 9.66. The highest BCUT2D eigenvalue weighted by molar-refractivity contribution is 6.71. The zero-order valence-electron chi connectivity index (χ0n) is 15.8. The number of fused-ring (bicyclic) bond motifs is 2. The molecule has 4 aromatic carbocycles. The Hall–Kier alpha value is -3.85. The van der Waals surface area contributed by atoms with Crippen molar-refractivity contribution in [3.05, 3.63) is 97.1 Å². The third-order valence-electron chi connectivity index (χ3n) is 5.11. The molecule has 0 unspecified atom stereocenters. The van der Waals surface area contributed by atoms with E-state index < -0.39 is 0 Å². The van der Waals surface area contributed by atoms with E-state index in [2.05, 4.69) is 42.5 Å². The average Bonchev–Trinajstić information content (AvgIpc) is 2.76. The van der Waals surface area contributed by atoms with Crippen molar-refractivity contribution in [2.75, 3.05) is 0 Å². The lowest BCUT2D eigenvalue weighted by atomic mass is 10.00. The summed E-state index contributed by atoms with van der Waals surface area (Å²) in [6, 6.07) is 28.7. The summed E-state index contributed by atoms with van der Waals surface area (Å²) in [6.45, 7) is 0. The van der Waals surface area contributed by atoms with E-state index in [1.165, 1.54) is 5.39 Å². The summed E-state index contributed by atoms with van der Waals surface area (Å²) in [5, 5.41) is 13.0. The Balaban J connectivity index is 1.63. The van der Waals surface area contributed by atoms with E-state index in [9.17, 15) is 0 Å². The maximum absolute atomic E-state index is 8.47. The van der Waals surface area contributed by atoms with Crippen LogP contribution >= 0.6 is 0 Å². The van der Waals surface area contributed by atoms with Gasteiger partial charge in [0.2, 0.25) is 0 Å². The largest absolute Gasteiger partial charge is 0.303 e. The van der Waals surface area contributed by atoms with E-state index in [-0.39, 0.29) is 0 Å². The summed E-state index contributed by atoms with van der Waals surface area (Å²) < 4.78 is 0. The summed E-state index contributed by atoms with van der Waals surface area (Å²) in [5.41, 5.74) is 3.58. The van der Waals surface area contributed by atoms with Gasteiger partial charge in [0.25, 0.3) is 0 Å². The molecule has 0 aromatic heterocycles. The molecule has 4 aromatic rings. The van der Waals surface area contributed by atoms with Crippen molar-refractivity contribution in [2.24, 2.45) is 9.98 Å². The molecule has 138 valence electrons. The van der Waals surface area contributed by atoms with E-state index in [4.69, 9.17) is 15.4 Å². The van der Waals surface area contributed by atoms with Crippen LogP contribution in [0.5, 0.6) is 0 Å². The van der Waals surface area contributed by atoms with Crippen molar-refractivity contribution in [2.45, 2.75) is 6.42 Å². The van der Waals surface area contributed by atoms with Crippen molar-refractivity contribution in [3.63, 3.8) is 0 Å². The Kier molecular flexibility index (Phi) is 4.34. The van der Waals surface area contributed by atoms with Gasteiger partial charge in [-0.2, -0.15) is 0 Å². The minimum atomic E-state index is 0.486. The standard InChI is InChI=1S/C26H19N3/c27-23-12-6-14-25(28-21-16-15-18-7-1-2-9-20(18)17-21)26(23)29-24-13-5-10-19-8-3-4-11-22(19)24/h1-11,13-17,27H,12H2. The molecule has 0 amide bonds. The van der Waals surface area contributed by atoms with Crippen molar-refractivity contribution < 1.29 is 0 Å². The van der Waals surface area contributed by atoms with Crippen LogP contribution in [0.1, 0.15) is 6.42 Å². The second-order valence-corrected chi connectivity index (χ2v) is 7.07. The van der Waals surface area contributed by atoms with Crippen molar-refractivity contribution >= 4 is 50.1 Å². The molecule has 29 heavy (non-hydrogen) atoms. The van der Waals surface area contributed by atoms with Crippen LogP contribution in [0.2, 0.25) is 0 Å². The van der Waals surface area contributed by atoms with Crippen LogP contribution in [0.4, 0.5) is 11.4 Å². The van der Waals surface area contributed by atoms with Gasteiger partial charge >= 0.3 is 0 Å². The molecule has 0 spiro atoms. The Morgan fingerprint density at radius 2 is 1.45 bits per heavy atom. The predicted molar refractivity (Wildman–Crippen MR) is 124 cm³/mol. The highest BCUT2D eigenvalue weighted by Gasteiger charge is 2.17. The Labute approximate surface area is 169 Å². The molecular formula is C26H19N3. The Bertz CT molecular complexity index is 1340. The molecule has 0 fully saturated rings. The fourth-order valence-electron chi connectivity index (χ4n) is 3.65. The van der Waals surface area contributed by atoms with Crippen LogP contribution in [0.3, 0.4) is 0 Å². The molecule has 0 saturated heterocycles. The normalized spacial score (nSPS) is 16.9. The molecule has 0 radical (unpaired) electrons. The summed E-state index contributed by atoms with van der Waals surface area (Å²) in [6.07, 6.45) is 4.52. The average molecular weight is 373 g/mol. The maximum Gasteiger partial charge on any atom is 0.110 e. The first-order chi connectivity index (χ1) is 14.3. The quantitative estimate of drug-likeness (QED) is 0.401. The maximum atomic E-state index is 8.47. The van der Waals surface area contributed by atoms with Gasteiger partial charge in [-0.3, -0.25) is 0 Å². The zero-order valence-corrected chi connectivity index (χ0v) is 15.8. The SMILES string of the molecule is N=C1CC=CC(=Nc2ccc3ccccc3c2)C1=Nc1cccc2ccccc12. The van der Waals surface area contributed by atoms with E-state index >= 15 is 0 Å². The summed E-state index contributed by atoms with van der Waals surface area (Å²) >= 11 is 0. The Morgan fingerprint density at radius 3 is 2.34 bits per heavy atom. The molecule has 1 N–H and O–H groups in total. The molecule has 3 heteroatoms. The first-order valence-electron chi connectivity index (χ1n) is 9.66. The predicted octanol–water partition coefficient (Wildman–Crippen LogP) is 6.82. The molecule has 3 nitrogen and oxygen atoms in total. The van der Waals surface area contributed by atoms with Gasteiger partial charge in [-0.25, -0.2) is 9.98 Å². The smallest absolute Gasteiger partial charge is 0.110 e. The molecule has 1 aliphatic carbocycles. The highest BCUT2D eigenvalue weighted by Crippen LogP contribution is 2.27. The molecule has 0 bridgehead atoms. The molecule has 5 rings (SSSR count). The van der Waals surface area contributed by atoms with Crippen LogP contribution in [0.15, 0.2) is 107 Å². The lowest BCUT2D eigenvalue weighted by molar-refractivity contribution is 1.38. The minimum Gasteiger partial charge on any atom is -0.303 e. The van der Waals surface area contributed by atoms with Gasteiger partial charge < -0.3 is 5.41 Å². The van der Waals surface area contributed by atoms with Gasteiger partial charge in [-0.05, 0) is 40.4 Å². The lowest BCUT2D eigenvalue weighted by Crippen LogP contribution is -2.24. The fraction of sp³-hybridized carbons (Fsp3) is 0.0385. The van der Waals surface area contributed by atoms with Crippen LogP contribution in [-0.2, 0) is 0 Å². The molecule has 0 atom stereocenters. The number of rotatable bonds is 2. The van der Waals surface area contributed by atoms with Crippen LogP contribution in [0.25, 0.3) is 21.5 Å². The van der Waals surface area contributed by atoms with Gasteiger partial charge in [0, 0.05) is 11.8 Å². The number of nitrogens with one attached hydrogen (secondary N) is 1. The first kappa shape index (κ1) is 17.3. The lowest BCUT2D eigenvalue weighted by Gasteiger charge is -2.13. The molecule has 0 saturated carbocycles. The third-order valence-corrected chi connectivity index (χ3v) is 5.11. The van der Waals surface area contributed by atoms with Crippen molar-refractivity contribution in [3.8, 4) is 0 Å². The number of hydrogen-bond donors (Lipinski definition) is 1. The molecule has 0 heterocycles. The van der Waals surface area contributed by atoms with E-state index in [0.717, 1.165) is 33.2 Å². The monoisotopic (exact) mass is 373 g/mol. The van der Waals surface area contributed by atoms with Crippen molar-refractivity contribution in [1.82, 2.24) is 0 Å². The van der Waals surface area contributed by atoms with Crippen molar-refractivity contribution in [1.29, 1.82) is 5.41 Å². The molecule has 0 aliphatic heterocycles. The second-order valence-electron chi connectivity index (χ2n) is 7.07. The summed E-state index contributed by atoms with van der Waals surface area (Å²) in [5.74, 6) is 0.